The maximum Gasteiger partial charge on any atom is 0.329 e. The van der Waals surface area contributed by atoms with E-state index >= 15 is 0 Å². The number of para-hydroxylation sites is 2. The minimum Gasteiger partial charge on any atom is -0.350 e. The Hall–Kier alpha value is -2.83. The van der Waals surface area contributed by atoms with Crippen LogP contribution in [0, 0.1) is 0 Å². The lowest BCUT2D eigenvalue weighted by Crippen LogP contribution is -2.39. The summed E-state index contributed by atoms with van der Waals surface area (Å²) in [6.07, 6.45) is 4.42. The summed E-state index contributed by atoms with van der Waals surface area (Å²) in [6, 6.07) is 9.35. The second kappa shape index (κ2) is 7.38. The van der Waals surface area contributed by atoms with Crippen LogP contribution in [0.15, 0.2) is 47.5 Å². The van der Waals surface area contributed by atoms with Crippen LogP contribution in [0.2, 0.25) is 0 Å². The average molecular weight is 341 g/mol. The summed E-state index contributed by atoms with van der Waals surface area (Å²) in [4.78, 5) is 25.1. The fraction of sp³-hybridized carbons (Fsp3) is 0.389. The summed E-state index contributed by atoms with van der Waals surface area (Å²) in [7, 11) is 0. The predicted molar refractivity (Wildman–Crippen MR) is 96.3 cm³/mol. The first-order valence-electron chi connectivity index (χ1n) is 8.55. The molecule has 0 radical (unpaired) electrons. The molecule has 2 heterocycles. The van der Waals surface area contributed by atoms with Gasteiger partial charge in [-0.2, -0.15) is 5.10 Å². The molecule has 7 nitrogen and oxygen atoms in total. The largest absolute Gasteiger partial charge is 0.350 e. The molecular weight excluding hydrogens is 318 g/mol. The standard InChI is InChI=1S/C18H23N5O2/c1-3-10-22-15-7-4-5-8-16(15)23(18(22)25)13-17(24)20-14(2)12-21-11-6-9-19-21/h4-9,11,14H,3,10,12-13H2,1-2H3,(H,20,24)/t14-/m1/s1. The molecule has 2 aromatic heterocycles. The lowest BCUT2D eigenvalue weighted by atomic mass is 10.3. The highest BCUT2D eigenvalue weighted by Gasteiger charge is 2.16. The van der Waals surface area contributed by atoms with Gasteiger partial charge in [0.25, 0.3) is 0 Å². The monoisotopic (exact) mass is 341 g/mol. The van der Waals surface area contributed by atoms with Gasteiger partial charge in [-0.25, -0.2) is 4.79 Å². The van der Waals surface area contributed by atoms with Crippen molar-refractivity contribution < 1.29 is 4.79 Å². The Kier molecular flexibility index (Phi) is 5.02. The summed E-state index contributed by atoms with van der Waals surface area (Å²) in [5.74, 6) is -0.179. The Morgan fingerprint density at radius 1 is 1.20 bits per heavy atom. The van der Waals surface area contributed by atoms with Gasteiger partial charge in [0.2, 0.25) is 5.91 Å². The number of benzene rings is 1. The average Bonchev–Trinajstić information content (AvgIpc) is 3.17. The maximum atomic E-state index is 12.7. The summed E-state index contributed by atoms with van der Waals surface area (Å²) >= 11 is 0. The third kappa shape index (κ3) is 3.65. The molecule has 0 saturated heterocycles. The summed E-state index contributed by atoms with van der Waals surface area (Å²) in [6.45, 7) is 5.19. The van der Waals surface area contributed by atoms with Gasteiger partial charge in [0.05, 0.1) is 17.6 Å². The van der Waals surface area contributed by atoms with Gasteiger partial charge in [0.1, 0.15) is 6.54 Å². The molecule has 1 N–H and O–H groups in total. The van der Waals surface area contributed by atoms with E-state index in [0.29, 0.717) is 13.1 Å². The zero-order valence-electron chi connectivity index (χ0n) is 14.6. The molecule has 0 unspecified atom stereocenters. The van der Waals surface area contributed by atoms with Crippen molar-refractivity contribution in [2.24, 2.45) is 0 Å². The normalized spacial score (nSPS) is 12.4. The zero-order valence-corrected chi connectivity index (χ0v) is 14.6. The maximum absolute atomic E-state index is 12.7. The van der Waals surface area contributed by atoms with E-state index in [2.05, 4.69) is 10.4 Å². The highest BCUT2D eigenvalue weighted by Crippen LogP contribution is 2.13. The van der Waals surface area contributed by atoms with Crippen LogP contribution >= 0.6 is 0 Å². The second-order valence-electron chi connectivity index (χ2n) is 6.21. The number of amides is 1. The molecule has 25 heavy (non-hydrogen) atoms. The molecule has 0 saturated carbocycles. The fourth-order valence-corrected chi connectivity index (χ4v) is 3.06. The molecule has 0 bridgehead atoms. The van der Waals surface area contributed by atoms with Crippen molar-refractivity contribution in [1.29, 1.82) is 0 Å². The fourth-order valence-electron chi connectivity index (χ4n) is 3.06. The predicted octanol–water partition coefficient (Wildman–Crippen LogP) is 1.61. The Morgan fingerprint density at radius 3 is 2.56 bits per heavy atom. The van der Waals surface area contributed by atoms with Crippen molar-refractivity contribution >= 4 is 16.9 Å². The number of hydrogen-bond donors (Lipinski definition) is 1. The first-order chi connectivity index (χ1) is 12.1. The van der Waals surface area contributed by atoms with Crippen LogP contribution in [-0.4, -0.2) is 30.9 Å². The van der Waals surface area contributed by atoms with Crippen LogP contribution in [0.4, 0.5) is 0 Å². The number of imidazole rings is 1. The van der Waals surface area contributed by atoms with Crippen molar-refractivity contribution in [3.8, 4) is 0 Å². The number of nitrogens with one attached hydrogen (secondary N) is 1. The molecule has 7 heteroatoms. The smallest absolute Gasteiger partial charge is 0.329 e. The Labute approximate surface area is 145 Å². The van der Waals surface area contributed by atoms with E-state index in [9.17, 15) is 9.59 Å². The number of fused-ring (bicyclic) bond motifs is 1. The molecule has 0 fully saturated rings. The molecule has 132 valence electrons. The lowest BCUT2D eigenvalue weighted by Gasteiger charge is -2.14. The summed E-state index contributed by atoms with van der Waals surface area (Å²) in [5, 5.41) is 7.06. The highest BCUT2D eigenvalue weighted by molar-refractivity contribution is 5.81. The molecular formula is C18H23N5O2. The van der Waals surface area contributed by atoms with E-state index in [4.69, 9.17) is 0 Å². The van der Waals surface area contributed by atoms with E-state index < -0.39 is 0 Å². The minimum atomic E-state index is -0.179. The van der Waals surface area contributed by atoms with Gasteiger partial charge in [0.15, 0.2) is 0 Å². The van der Waals surface area contributed by atoms with Gasteiger partial charge in [-0.15, -0.1) is 0 Å². The summed E-state index contributed by atoms with van der Waals surface area (Å²) < 4.78 is 5.04. The molecule has 0 aliphatic carbocycles. The van der Waals surface area contributed by atoms with Crippen LogP contribution in [-0.2, 0) is 24.4 Å². The molecule has 1 atom stereocenters. The van der Waals surface area contributed by atoms with Gasteiger partial charge in [0, 0.05) is 25.0 Å². The number of aryl methyl sites for hydroxylation is 1. The first kappa shape index (κ1) is 17.0. The van der Waals surface area contributed by atoms with Crippen molar-refractivity contribution in [3.63, 3.8) is 0 Å². The van der Waals surface area contributed by atoms with Crippen LogP contribution in [0.25, 0.3) is 11.0 Å². The summed E-state index contributed by atoms with van der Waals surface area (Å²) in [5.41, 5.74) is 1.51. The van der Waals surface area contributed by atoms with E-state index in [1.165, 1.54) is 0 Å². The molecule has 0 aliphatic rings. The van der Waals surface area contributed by atoms with Crippen LogP contribution in [0.5, 0.6) is 0 Å². The molecule has 0 spiro atoms. The Balaban J connectivity index is 1.77. The van der Waals surface area contributed by atoms with Crippen LogP contribution in [0.3, 0.4) is 0 Å². The topological polar surface area (TPSA) is 73.8 Å². The van der Waals surface area contributed by atoms with Crippen LogP contribution < -0.4 is 11.0 Å². The van der Waals surface area contributed by atoms with Gasteiger partial charge in [-0.05, 0) is 31.5 Å². The molecule has 1 amide bonds. The van der Waals surface area contributed by atoms with Gasteiger partial charge in [-0.1, -0.05) is 19.1 Å². The number of carbonyl (C=O) groups is 1. The number of nitrogens with zero attached hydrogens (tertiary/aromatic N) is 4. The quantitative estimate of drug-likeness (QED) is 0.709. The molecule has 1 aromatic carbocycles. The van der Waals surface area contributed by atoms with Gasteiger partial charge in [-0.3, -0.25) is 18.6 Å². The van der Waals surface area contributed by atoms with Crippen molar-refractivity contribution in [3.05, 3.63) is 53.2 Å². The first-order valence-corrected chi connectivity index (χ1v) is 8.55. The molecule has 0 aliphatic heterocycles. The van der Waals surface area contributed by atoms with Crippen molar-refractivity contribution in [2.75, 3.05) is 0 Å². The van der Waals surface area contributed by atoms with Gasteiger partial charge >= 0.3 is 5.69 Å². The zero-order chi connectivity index (χ0) is 17.8. The van der Waals surface area contributed by atoms with E-state index in [0.717, 1.165) is 17.5 Å². The Bertz CT molecular complexity index is 907. The Morgan fingerprint density at radius 2 is 1.92 bits per heavy atom. The molecule has 3 rings (SSSR count). The number of carbonyl (C=O) groups excluding carboxylic acids is 1. The number of aromatic nitrogens is 4. The van der Waals surface area contributed by atoms with E-state index in [1.807, 2.05) is 50.4 Å². The van der Waals surface area contributed by atoms with Gasteiger partial charge < -0.3 is 5.32 Å². The second-order valence-corrected chi connectivity index (χ2v) is 6.21. The van der Waals surface area contributed by atoms with Crippen molar-refractivity contribution in [2.45, 2.75) is 45.9 Å². The minimum absolute atomic E-state index is 0.0134. The highest BCUT2D eigenvalue weighted by atomic mass is 16.2. The SMILES string of the molecule is CCCn1c(=O)n(CC(=O)N[C@H](C)Cn2cccn2)c2ccccc21. The third-order valence-corrected chi connectivity index (χ3v) is 4.10. The van der Waals surface area contributed by atoms with Crippen LogP contribution in [0.1, 0.15) is 20.3 Å². The number of rotatable bonds is 7. The number of hydrogen-bond acceptors (Lipinski definition) is 3. The van der Waals surface area contributed by atoms with Crippen molar-refractivity contribution in [1.82, 2.24) is 24.2 Å². The third-order valence-electron chi connectivity index (χ3n) is 4.10. The van der Waals surface area contributed by atoms with E-state index in [-0.39, 0.29) is 24.2 Å². The van der Waals surface area contributed by atoms with E-state index in [1.54, 1.807) is 20.0 Å². The molecule has 3 aromatic rings. The lowest BCUT2D eigenvalue weighted by molar-refractivity contribution is -0.122.